The zero-order valence-electron chi connectivity index (χ0n) is 23.1. The molecule has 2 aliphatic rings. The summed E-state index contributed by atoms with van der Waals surface area (Å²) in [5.41, 5.74) is 2.21. The van der Waals surface area contributed by atoms with Gasteiger partial charge in [-0.2, -0.15) is 5.10 Å². The average Bonchev–Trinajstić information content (AvgIpc) is 3.55. The molecule has 0 aliphatic carbocycles. The van der Waals surface area contributed by atoms with Crippen LogP contribution in [0.15, 0.2) is 54.9 Å². The van der Waals surface area contributed by atoms with Crippen molar-refractivity contribution in [3.63, 3.8) is 0 Å². The molecule has 1 saturated heterocycles. The minimum atomic E-state index is -1.61. The highest BCUT2D eigenvalue weighted by Gasteiger charge is 2.43. The van der Waals surface area contributed by atoms with Crippen molar-refractivity contribution in [2.75, 3.05) is 4.90 Å². The van der Waals surface area contributed by atoms with E-state index in [-0.39, 0.29) is 41.8 Å². The van der Waals surface area contributed by atoms with Crippen molar-refractivity contribution in [2.24, 2.45) is 0 Å². The number of hydrogen-bond acceptors (Lipinski definition) is 4. The number of rotatable bonds is 4. The van der Waals surface area contributed by atoms with Crippen molar-refractivity contribution in [1.29, 1.82) is 0 Å². The Morgan fingerprint density at radius 2 is 1.64 bits per heavy atom. The molecule has 2 unspecified atom stereocenters. The van der Waals surface area contributed by atoms with Gasteiger partial charge in [-0.25, -0.2) is 22.2 Å². The number of anilines is 1. The maximum atomic E-state index is 15.2. The summed E-state index contributed by atoms with van der Waals surface area (Å²) < 4.78 is 58.4. The zero-order valence-corrected chi connectivity index (χ0v) is 23.1. The third kappa shape index (κ3) is 4.53. The zero-order chi connectivity index (χ0) is 29.9. The van der Waals surface area contributed by atoms with Crippen molar-refractivity contribution in [1.82, 2.24) is 19.7 Å². The van der Waals surface area contributed by atoms with Gasteiger partial charge in [-0.05, 0) is 62.9 Å². The van der Waals surface area contributed by atoms with Crippen molar-refractivity contribution in [3.8, 4) is 16.9 Å². The molecule has 6 rings (SSSR count). The van der Waals surface area contributed by atoms with Crippen LogP contribution in [0.4, 0.5) is 23.2 Å². The summed E-state index contributed by atoms with van der Waals surface area (Å²) >= 11 is 0. The van der Waals surface area contributed by atoms with Gasteiger partial charge in [0.25, 0.3) is 5.91 Å². The number of amides is 2. The van der Waals surface area contributed by atoms with E-state index in [0.717, 1.165) is 12.1 Å². The summed E-state index contributed by atoms with van der Waals surface area (Å²) in [5, 5.41) is 4.40. The van der Waals surface area contributed by atoms with E-state index in [0.29, 0.717) is 40.9 Å². The Balaban J connectivity index is 1.33. The lowest BCUT2D eigenvalue weighted by atomic mass is 9.91. The van der Waals surface area contributed by atoms with Crippen LogP contribution in [0.2, 0.25) is 0 Å². The number of nitrogens with zero attached hydrogens (tertiary/aromatic N) is 5. The van der Waals surface area contributed by atoms with Crippen LogP contribution in [0.3, 0.4) is 0 Å². The summed E-state index contributed by atoms with van der Waals surface area (Å²) in [6, 6.07) is 8.94. The highest BCUT2D eigenvalue weighted by molar-refractivity contribution is 6.02. The van der Waals surface area contributed by atoms with Gasteiger partial charge in [-0.15, -0.1) is 0 Å². The van der Waals surface area contributed by atoms with Crippen LogP contribution in [0.5, 0.6) is 0 Å². The molecule has 2 aromatic carbocycles. The van der Waals surface area contributed by atoms with Gasteiger partial charge in [0.15, 0.2) is 23.1 Å². The quantitative estimate of drug-likeness (QED) is 0.228. The van der Waals surface area contributed by atoms with Crippen LogP contribution >= 0.6 is 0 Å². The molecule has 0 radical (unpaired) electrons. The number of aromatic nitrogens is 3. The van der Waals surface area contributed by atoms with Gasteiger partial charge < -0.3 is 9.80 Å². The predicted octanol–water partition coefficient (Wildman–Crippen LogP) is 5.77. The number of aryl methyl sites for hydroxylation is 1. The molecule has 1 fully saturated rings. The number of carbonyl (C=O) groups excluding carboxylic acids is 2. The highest BCUT2D eigenvalue weighted by atomic mass is 19.2. The average molecular weight is 578 g/mol. The van der Waals surface area contributed by atoms with Gasteiger partial charge in [0.2, 0.25) is 5.91 Å². The first-order chi connectivity index (χ1) is 20.0. The first-order valence-corrected chi connectivity index (χ1v) is 13.6. The molecule has 216 valence electrons. The molecule has 2 aliphatic heterocycles. The van der Waals surface area contributed by atoms with Crippen molar-refractivity contribution >= 4 is 17.5 Å². The standard InChI is InChI=1S/C31H27F4N5O2/c1-16-6-7-19-11-27(41)39(30(19)28(16)34)21-9-17(2)38(18(3)10-21)31(42)25-14-26(20-5-4-8-36-15-20)40(37-25)22-12-23(32)29(35)24(33)13-22/h4-8,12-15,17-18,21H,9-11H2,1-3H3. The van der Waals surface area contributed by atoms with Crippen LogP contribution in [-0.2, 0) is 11.2 Å². The maximum Gasteiger partial charge on any atom is 0.274 e. The number of hydrogen-bond donors (Lipinski definition) is 0. The maximum absolute atomic E-state index is 15.2. The molecule has 0 bridgehead atoms. The fourth-order valence-corrected chi connectivity index (χ4v) is 6.22. The number of benzene rings is 2. The van der Waals surface area contributed by atoms with E-state index in [1.807, 2.05) is 13.8 Å². The van der Waals surface area contributed by atoms with Gasteiger partial charge in [0, 0.05) is 48.2 Å². The van der Waals surface area contributed by atoms with Gasteiger partial charge >= 0.3 is 0 Å². The number of likely N-dealkylation sites (tertiary alicyclic amines) is 1. The Labute approximate surface area is 239 Å². The second-order valence-corrected chi connectivity index (χ2v) is 11.0. The van der Waals surface area contributed by atoms with Crippen LogP contribution in [-0.4, -0.2) is 49.6 Å². The van der Waals surface area contributed by atoms with Crippen LogP contribution in [0, 0.1) is 30.2 Å². The summed E-state index contributed by atoms with van der Waals surface area (Å²) in [6.07, 6.45) is 4.03. The molecule has 4 aromatic rings. The van der Waals surface area contributed by atoms with Gasteiger partial charge in [-0.3, -0.25) is 14.6 Å². The van der Waals surface area contributed by atoms with Crippen molar-refractivity contribution in [3.05, 3.63) is 94.9 Å². The molecule has 2 atom stereocenters. The summed E-state index contributed by atoms with van der Waals surface area (Å²) in [4.78, 5) is 34.2. The first-order valence-electron chi connectivity index (χ1n) is 13.6. The van der Waals surface area contributed by atoms with Gasteiger partial charge in [0.1, 0.15) is 5.82 Å². The largest absolute Gasteiger partial charge is 0.332 e. The van der Waals surface area contributed by atoms with Gasteiger partial charge in [0.05, 0.1) is 23.5 Å². The molecule has 0 N–H and O–H groups in total. The molecule has 42 heavy (non-hydrogen) atoms. The Morgan fingerprint density at radius 3 is 2.29 bits per heavy atom. The van der Waals surface area contributed by atoms with Crippen molar-refractivity contribution in [2.45, 2.75) is 58.2 Å². The van der Waals surface area contributed by atoms with E-state index in [1.54, 1.807) is 47.2 Å². The first kappa shape index (κ1) is 27.6. The third-order valence-corrected chi connectivity index (χ3v) is 8.12. The van der Waals surface area contributed by atoms with E-state index in [1.165, 1.54) is 16.9 Å². The minimum absolute atomic E-state index is 0.0143. The molecule has 2 aromatic heterocycles. The fourth-order valence-electron chi connectivity index (χ4n) is 6.22. The normalized spacial score (nSPS) is 20.3. The van der Waals surface area contributed by atoms with Gasteiger partial charge in [-0.1, -0.05) is 12.1 Å². The molecule has 0 saturated carbocycles. The lowest BCUT2D eigenvalue weighted by Crippen LogP contribution is -2.56. The minimum Gasteiger partial charge on any atom is -0.332 e. The predicted molar refractivity (Wildman–Crippen MR) is 147 cm³/mol. The van der Waals surface area contributed by atoms with E-state index in [9.17, 15) is 22.8 Å². The van der Waals surface area contributed by atoms with Crippen LogP contribution in [0.1, 0.15) is 48.3 Å². The molecule has 0 spiro atoms. The molecular weight excluding hydrogens is 550 g/mol. The Bertz CT molecular complexity index is 1690. The molecule has 4 heterocycles. The molecule has 2 amide bonds. The summed E-state index contributed by atoms with van der Waals surface area (Å²) in [7, 11) is 0. The van der Waals surface area contributed by atoms with Crippen LogP contribution in [0.25, 0.3) is 16.9 Å². The summed E-state index contributed by atoms with van der Waals surface area (Å²) in [6.45, 7) is 5.38. The lowest BCUT2D eigenvalue weighted by Gasteiger charge is -2.45. The van der Waals surface area contributed by atoms with E-state index in [4.69, 9.17) is 0 Å². The number of fused-ring (bicyclic) bond motifs is 1. The van der Waals surface area contributed by atoms with Crippen molar-refractivity contribution < 1.29 is 27.2 Å². The smallest absolute Gasteiger partial charge is 0.274 e. The van der Waals surface area contributed by atoms with E-state index < -0.39 is 29.2 Å². The molecular formula is C31H27F4N5O2. The molecule has 7 nitrogen and oxygen atoms in total. The lowest BCUT2D eigenvalue weighted by molar-refractivity contribution is -0.118. The second-order valence-electron chi connectivity index (χ2n) is 11.0. The topological polar surface area (TPSA) is 71.3 Å². The number of piperidine rings is 1. The number of halogens is 4. The van der Waals surface area contributed by atoms with E-state index in [2.05, 4.69) is 10.1 Å². The van der Waals surface area contributed by atoms with Crippen LogP contribution < -0.4 is 4.90 Å². The molecule has 11 heteroatoms. The Hall–Kier alpha value is -4.54. The third-order valence-electron chi connectivity index (χ3n) is 8.12. The van der Waals surface area contributed by atoms with E-state index >= 15 is 4.39 Å². The highest BCUT2D eigenvalue weighted by Crippen LogP contribution is 2.39. The number of carbonyl (C=O) groups is 2. The number of pyridine rings is 1. The Morgan fingerprint density at radius 1 is 0.952 bits per heavy atom. The Kier molecular flexibility index (Phi) is 6.83. The summed E-state index contributed by atoms with van der Waals surface area (Å²) in [5.74, 6) is -5.38. The SMILES string of the molecule is Cc1ccc2c(c1F)N(C1CC(C)N(C(=O)c3cc(-c4cccnc4)n(-c4cc(F)c(F)c(F)c4)n3)C(C)C1)C(=O)C2. The fraction of sp³-hybridized carbons (Fsp3) is 0.290. The second kappa shape index (κ2) is 10.4. The monoisotopic (exact) mass is 577 g/mol.